The van der Waals surface area contributed by atoms with Gasteiger partial charge >= 0.3 is 0 Å². The molecule has 3 aromatic rings. The van der Waals surface area contributed by atoms with Crippen molar-refractivity contribution in [3.05, 3.63) is 65.5 Å². The molecule has 1 aromatic carbocycles. The molecule has 0 bridgehead atoms. The SMILES string of the molecule is Cc1cc(-c2cc3c(c(Nc4ccc(N5CCC(O)CC5)cc4)n2)C(C=O)NC=C3)cnc1N. The predicted molar refractivity (Wildman–Crippen MR) is 135 cm³/mol. The van der Waals surface area contributed by atoms with E-state index in [0.29, 0.717) is 11.6 Å². The first kappa shape index (κ1) is 21.9. The van der Waals surface area contributed by atoms with E-state index in [9.17, 15) is 9.90 Å². The van der Waals surface area contributed by atoms with Gasteiger partial charge in [-0.25, -0.2) is 9.97 Å². The lowest BCUT2D eigenvalue weighted by Crippen LogP contribution is -2.35. The molecule has 0 radical (unpaired) electrons. The van der Waals surface area contributed by atoms with Crippen LogP contribution >= 0.6 is 0 Å². The minimum absolute atomic E-state index is 0.199. The maximum absolute atomic E-state index is 11.8. The van der Waals surface area contributed by atoms with Gasteiger partial charge in [0.05, 0.1) is 11.8 Å². The van der Waals surface area contributed by atoms with Crippen LogP contribution in [0.25, 0.3) is 17.3 Å². The molecular formula is C26H28N6O2. The van der Waals surface area contributed by atoms with Gasteiger partial charge in [0.1, 0.15) is 24.0 Å². The van der Waals surface area contributed by atoms with Crippen molar-refractivity contribution in [2.75, 3.05) is 29.0 Å². The van der Waals surface area contributed by atoms with Gasteiger partial charge in [0.15, 0.2) is 0 Å². The number of nitrogens with one attached hydrogen (secondary N) is 2. The van der Waals surface area contributed by atoms with Crippen molar-refractivity contribution in [3.63, 3.8) is 0 Å². The van der Waals surface area contributed by atoms with Crippen molar-refractivity contribution in [3.8, 4) is 11.3 Å². The number of aliphatic hydroxyl groups is 1. The fourth-order valence-corrected chi connectivity index (χ4v) is 4.46. The zero-order valence-electron chi connectivity index (χ0n) is 19.0. The topological polar surface area (TPSA) is 116 Å². The normalized spacial score (nSPS) is 17.7. The van der Waals surface area contributed by atoms with Crippen molar-refractivity contribution in [2.24, 2.45) is 0 Å². The summed E-state index contributed by atoms with van der Waals surface area (Å²) in [7, 11) is 0. The molecule has 1 atom stereocenters. The number of piperidine rings is 1. The number of rotatable bonds is 5. The number of carbonyl (C=O) groups excluding carboxylic acids is 1. The molecule has 1 unspecified atom stereocenters. The lowest BCUT2D eigenvalue weighted by Gasteiger charge is -2.31. The summed E-state index contributed by atoms with van der Waals surface area (Å²) in [6.45, 7) is 3.61. The van der Waals surface area contributed by atoms with E-state index in [2.05, 4.69) is 32.7 Å². The second-order valence-corrected chi connectivity index (χ2v) is 8.79. The van der Waals surface area contributed by atoms with Gasteiger partial charge < -0.3 is 31.2 Å². The molecule has 0 amide bonds. The summed E-state index contributed by atoms with van der Waals surface area (Å²) >= 11 is 0. The van der Waals surface area contributed by atoms with E-state index < -0.39 is 6.04 Å². The highest BCUT2D eigenvalue weighted by atomic mass is 16.3. The van der Waals surface area contributed by atoms with Crippen molar-refractivity contribution < 1.29 is 9.90 Å². The summed E-state index contributed by atoms with van der Waals surface area (Å²) < 4.78 is 0. The molecule has 4 heterocycles. The van der Waals surface area contributed by atoms with E-state index in [4.69, 9.17) is 10.7 Å². The fourth-order valence-electron chi connectivity index (χ4n) is 4.46. The van der Waals surface area contributed by atoms with Crippen molar-refractivity contribution in [1.82, 2.24) is 15.3 Å². The van der Waals surface area contributed by atoms with Crippen LogP contribution in [0.5, 0.6) is 0 Å². The summed E-state index contributed by atoms with van der Waals surface area (Å²) in [5, 5.41) is 16.3. The number of pyridine rings is 2. The Morgan fingerprint density at radius 2 is 1.97 bits per heavy atom. The molecule has 8 heteroatoms. The van der Waals surface area contributed by atoms with E-state index in [1.165, 1.54) is 0 Å². The molecule has 0 spiro atoms. The van der Waals surface area contributed by atoms with Crippen molar-refractivity contribution in [2.45, 2.75) is 31.9 Å². The highest BCUT2D eigenvalue weighted by molar-refractivity contribution is 5.80. The number of hydrogen-bond acceptors (Lipinski definition) is 8. The Kier molecular flexibility index (Phi) is 5.90. The first-order chi connectivity index (χ1) is 16.5. The number of aliphatic hydroxyl groups excluding tert-OH is 1. The van der Waals surface area contributed by atoms with Crippen LogP contribution in [-0.2, 0) is 4.79 Å². The molecule has 2 aliphatic heterocycles. The predicted octanol–water partition coefficient (Wildman–Crippen LogP) is 3.55. The van der Waals surface area contributed by atoms with E-state index in [-0.39, 0.29) is 6.10 Å². The Hall–Kier alpha value is -3.91. The Bertz CT molecular complexity index is 1230. The summed E-state index contributed by atoms with van der Waals surface area (Å²) in [5.41, 5.74) is 12.1. The molecule has 1 fully saturated rings. The van der Waals surface area contributed by atoms with Crippen LogP contribution in [0, 0.1) is 6.92 Å². The summed E-state index contributed by atoms with van der Waals surface area (Å²) in [6.07, 6.45) is 7.70. The highest BCUT2D eigenvalue weighted by Crippen LogP contribution is 2.34. The first-order valence-corrected chi connectivity index (χ1v) is 11.5. The number of hydrogen-bond donors (Lipinski definition) is 4. The summed E-state index contributed by atoms with van der Waals surface area (Å²) in [5.74, 6) is 1.11. The van der Waals surface area contributed by atoms with Gasteiger partial charge in [0.25, 0.3) is 0 Å². The van der Waals surface area contributed by atoms with Gasteiger partial charge in [0, 0.05) is 41.8 Å². The van der Waals surface area contributed by atoms with Crippen LogP contribution in [0.2, 0.25) is 0 Å². The number of nitrogen functional groups attached to an aromatic ring is 1. The Balaban J connectivity index is 1.49. The van der Waals surface area contributed by atoms with Crippen LogP contribution in [0.4, 0.5) is 23.0 Å². The van der Waals surface area contributed by atoms with Crippen LogP contribution in [0.3, 0.4) is 0 Å². The van der Waals surface area contributed by atoms with E-state index in [0.717, 1.165) is 71.5 Å². The number of fused-ring (bicyclic) bond motifs is 1. The van der Waals surface area contributed by atoms with Gasteiger partial charge in [-0.05, 0) is 79.6 Å². The number of nitrogens with two attached hydrogens (primary N) is 1. The highest BCUT2D eigenvalue weighted by Gasteiger charge is 2.23. The lowest BCUT2D eigenvalue weighted by molar-refractivity contribution is -0.109. The number of aromatic nitrogens is 2. The van der Waals surface area contributed by atoms with Crippen LogP contribution in [0.15, 0.2) is 48.8 Å². The second-order valence-electron chi connectivity index (χ2n) is 8.79. The van der Waals surface area contributed by atoms with Crippen LogP contribution < -0.4 is 21.3 Å². The average Bonchev–Trinajstić information content (AvgIpc) is 2.86. The minimum Gasteiger partial charge on any atom is -0.393 e. The largest absolute Gasteiger partial charge is 0.393 e. The van der Waals surface area contributed by atoms with Gasteiger partial charge in [-0.15, -0.1) is 0 Å². The Morgan fingerprint density at radius 3 is 2.68 bits per heavy atom. The standard InChI is InChI=1S/C26H28N6O2/c1-16-12-18(14-29-25(16)27)22-13-17-6-9-28-23(15-33)24(17)26(31-22)30-19-2-4-20(5-3-19)32-10-7-21(34)8-11-32/h2-6,9,12-15,21,23,28,34H,7-8,10-11H2,1H3,(H2,27,29)(H,30,31). The number of aldehydes is 1. The molecule has 5 N–H and O–H groups in total. The number of nitrogens with zero attached hydrogens (tertiary/aromatic N) is 3. The van der Waals surface area contributed by atoms with Gasteiger partial charge in [0.2, 0.25) is 0 Å². The first-order valence-electron chi connectivity index (χ1n) is 11.5. The fraction of sp³-hybridized carbons (Fsp3) is 0.269. The second kappa shape index (κ2) is 9.15. The van der Waals surface area contributed by atoms with Crippen LogP contribution in [-0.4, -0.2) is 40.6 Å². The Labute approximate surface area is 198 Å². The number of carbonyl (C=O) groups is 1. The third kappa shape index (κ3) is 4.32. The van der Waals surface area contributed by atoms with E-state index >= 15 is 0 Å². The molecule has 2 aromatic heterocycles. The van der Waals surface area contributed by atoms with Crippen LogP contribution in [0.1, 0.15) is 35.6 Å². The third-order valence-electron chi connectivity index (χ3n) is 6.45. The van der Waals surface area contributed by atoms with E-state index in [1.54, 1.807) is 12.4 Å². The monoisotopic (exact) mass is 456 g/mol. The van der Waals surface area contributed by atoms with Gasteiger partial charge in [-0.1, -0.05) is 0 Å². The molecule has 174 valence electrons. The minimum atomic E-state index is -0.491. The zero-order chi connectivity index (χ0) is 23.7. The molecule has 0 saturated carbocycles. The molecule has 8 nitrogen and oxygen atoms in total. The summed E-state index contributed by atoms with van der Waals surface area (Å²) in [4.78, 5) is 23.2. The smallest absolute Gasteiger partial charge is 0.146 e. The molecule has 1 saturated heterocycles. The number of benzene rings is 1. The maximum Gasteiger partial charge on any atom is 0.146 e. The molecular weight excluding hydrogens is 428 g/mol. The summed E-state index contributed by atoms with van der Waals surface area (Å²) in [6, 6.07) is 11.6. The van der Waals surface area contributed by atoms with Crippen molar-refractivity contribution >= 4 is 35.4 Å². The number of anilines is 4. The third-order valence-corrected chi connectivity index (χ3v) is 6.45. The van der Waals surface area contributed by atoms with Crippen molar-refractivity contribution in [1.29, 1.82) is 0 Å². The number of aryl methyl sites for hydroxylation is 1. The molecule has 0 aliphatic carbocycles. The molecule has 2 aliphatic rings. The quantitative estimate of drug-likeness (QED) is 0.431. The molecule has 34 heavy (non-hydrogen) atoms. The lowest BCUT2D eigenvalue weighted by atomic mass is 9.97. The van der Waals surface area contributed by atoms with Gasteiger partial charge in [-0.3, -0.25) is 0 Å². The van der Waals surface area contributed by atoms with Gasteiger partial charge in [-0.2, -0.15) is 0 Å². The average molecular weight is 457 g/mol. The van der Waals surface area contributed by atoms with E-state index in [1.807, 2.05) is 37.3 Å². The maximum atomic E-state index is 11.8. The molecule has 5 rings (SSSR count). The Morgan fingerprint density at radius 1 is 1.21 bits per heavy atom. The zero-order valence-corrected chi connectivity index (χ0v) is 19.0.